The molecule has 40 heavy (non-hydrogen) atoms. The van der Waals surface area contributed by atoms with Crippen molar-refractivity contribution >= 4 is 28.6 Å². The molecular formula is C31H31ClFN3O4. The average Bonchev–Trinajstić information content (AvgIpc) is 3.54. The normalized spacial score (nSPS) is 19.1. The Morgan fingerprint density at radius 1 is 1.15 bits per heavy atom. The van der Waals surface area contributed by atoms with Crippen LogP contribution in [-0.4, -0.2) is 53.3 Å². The summed E-state index contributed by atoms with van der Waals surface area (Å²) in [6.07, 6.45) is 2.22. The lowest BCUT2D eigenvalue weighted by Gasteiger charge is -2.28. The first-order chi connectivity index (χ1) is 19.5. The van der Waals surface area contributed by atoms with E-state index >= 15 is 0 Å². The van der Waals surface area contributed by atoms with E-state index in [4.69, 9.17) is 30.8 Å². The molecule has 0 spiro atoms. The lowest BCUT2D eigenvalue weighted by atomic mass is 9.97. The molecule has 2 fully saturated rings. The van der Waals surface area contributed by atoms with Crippen molar-refractivity contribution in [2.45, 2.75) is 44.6 Å². The molecule has 0 radical (unpaired) electrons. The number of esters is 1. The van der Waals surface area contributed by atoms with E-state index in [0.29, 0.717) is 29.6 Å². The van der Waals surface area contributed by atoms with Crippen LogP contribution in [0.5, 0.6) is 5.75 Å². The Morgan fingerprint density at radius 2 is 2.02 bits per heavy atom. The number of halogens is 2. The van der Waals surface area contributed by atoms with Gasteiger partial charge in [0.05, 0.1) is 42.9 Å². The van der Waals surface area contributed by atoms with Gasteiger partial charge in [-0.15, -0.1) is 0 Å². The summed E-state index contributed by atoms with van der Waals surface area (Å²) in [7, 11) is 1.39. The van der Waals surface area contributed by atoms with Crippen molar-refractivity contribution in [3.8, 4) is 5.75 Å². The molecule has 2 atom stereocenters. The quantitative estimate of drug-likeness (QED) is 0.234. The van der Waals surface area contributed by atoms with Crippen molar-refractivity contribution in [3.63, 3.8) is 0 Å². The van der Waals surface area contributed by atoms with Crippen LogP contribution in [0.1, 0.15) is 46.1 Å². The number of aromatic nitrogens is 2. The van der Waals surface area contributed by atoms with Crippen LogP contribution in [0.15, 0.2) is 60.7 Å². The van der Waals surface area contributed by atoms with Crippen LogP contribution in [0.3, 0.4) is 0 Å². The van der Waals surface area contributed by atoms with E-state index < -0.39 is 5.82 Å². The molecule has 0 aliphatic carbocycles. The maximum atomic E-state index is 14.1. The van der Waals surface area contributed by atoms with Gasteiger partial charge in [-0.2, -0.15) is 0 Å². The average molecular weight is 564 g/mol. The summed E-state index contributed by atoms with van der Waals surface area (Å²) in [5.74, 6) is 0.720. The van der Waals surface area contributed by atoms with Crippen molar-refractivity contribution < 1.29 is 23.4 Å². The number of hydrogen-bond donors (Lipinski definition) is 0. The van der Waals surface area contributed by atoms with Gasteiger partial charge in [0.2, 0.25) is 0 Å². The highest BCUT2D eigenvalue weighted by Gasteiger charge is 2.27. The molecule has 2 aliphatic heterocycles. The van der Waals surface area contributed by atoms with Gasteiger partial charge in [-0.1, -0.05) is 35.9 Å². The van der Waals surface area contributed by atoms with E-state index in [1.807, 2.05) is 24.3 Å². The van der Waals surface area contributed by atoms with Crippen LogP contribution in [0.25, 0.3) is 11.0 Å². The van der Waals surface area contributed by atoms with Gasteiger partial charge in [0.1, 0.15) is 12.4 Å². The maximum Gasteiger partial charge on any atom is 0.337 e. The number of methoxy groups -OCH3 is 1. The number of carbonyl (C=O) groups excluding carboxylic acids is 1. The highest BCUT2D eigenvalue weighted by molar-refractivity contribution is 6.30. The standard InChI is InChI=1S/C31H31ClFN3O4/c1-38-31(37)22-5-7-27-28(14-22)36(17-25-10-12-39-25)30(34-27)18-35-11-9-23(16-35)21-4-2-3-20(13-21)19-40-29-8-6-24(32)15-26(29)33/h2-8,13-15,23,25H,9-12,16-19H2,1H3/t23-,25+/m1/s1. The molecule has 0 amide bonds. The fourth-order valence-electron chi connectivity index (χ4n) is 5.51. The number of ether oxygens (including phenoxy) is 3. The third-order valence-electron chi connectivity index (χ3n) is 7.78. The van der Waals surface area contributed by atoms with Crippen LogP contribution in [0.2, 0.25) is 5.02 Å². The van der Waals surface area contributed by atoms with E-state index in [2.05, 4.69) is 21.6 Å². The molecule has 208 valence electrons. The first-order valence-corrected chi connectivity index (χ1v) is 13.9. The Hall–Kier alpha value is -3.46. The van der Waals surface area contributed by atoms with Gasteiger partial charge in [-0.05, 0) is 72.8 Å². The maximum absolute atomic E-state index is 14.1. The van der Waals surface area contributed by atoms with Crippen molar-refractivity contribution in [1.82, 2.24) is 14.5 Å². The number of imidazole rings is 1. The minimum Gasteiger partial charge on any atom is -0.486 e. The van der Waals surface area contributed by atoms with Crippen molar-refractivity contribution in [1.29, 1.82) is 0 Å². The molecule has 2 saturated heterocycles. The lowest BCUT2D eigenvalue weighted by molar-refractivity contribution is -0.0591. The summed E-state index contributed by atoms with van der Waals surface area (Å²) in [4.78, 5) is 19.5. The van der Waals surface area contributed by atoms with Gasteiger partial charge in [0.25, 0.3) is 0 Å². The van der Waals surface area contributed by atoms with Gasteiger partial charge in [-0.3, -0.25) is 4.90 Å². The van der Waals surface area contributed by atoms with Crippen LogP contribution in [0, 0.1) is 5.82 Å². The summed E-state index contributed by atoms with van der Waals surface area (Å²) in [5, 5.41) is 0.343. The summed E-state index contributed by atoms with van der Waals surface area (Å²) < 4.78 is 32.7. The first-order valence-electron chi connectivity index (χ1n) is 13.5. The predicted molar refractivity (Wildman–Crippen MR) is 150 cm³/mol. The third kappa shape index (κ3) is 5.70. The molecule has 0 N–H and O–H groups in total. The number of benzene rings is 3. The monoisotopic (exact) mass is 563 g/mol. The molecule has 0 unspecified atom stereocenters. The Labute approximate surface area is 237 Å². The second kappa shape index (κ2) is 11.6. The number of rotatable bonds is 9. The minimum absolute atomic E-state index is 0.163. The SMILES string of the molecule is COC(=O)c1ccc2nc(CN3CC[C@@H](c4cccc(COc5ccc(Cl)cc5F)c4)C3)n(C[C@@H]3CCO3)c2c1. The molecule has 0 bridgehead atoms. The Kier molecular flexibility index (Phi) is 7.74. The first kappa shape index (κ1) is 26.7. The van der Waals surface area contributed by atoms with E-state index in [-0.39, 0.29) is 24.4 Å². The van der Waals surface area contributed by atoms with E-state index in [9.17, 15) is 9.18 Å². The Bertz CT molecular complexity index is 1540. The van der Waals surface area contributed by atoms with Crippen LogP contribution >= 0.6 is 11.6 Å². The third-order valence-corrected chi connectivity index (χ3v) is 8.01. The molecule has 6 rings (SSSR count). The van der Waals surface area contributed by atoms with Gasteiger partial charge in [-0.25, -0.2) is 14.2 Å². The number of hydrogen-bond acceptors (Lipinski definition) is 6. The van der Waals surface area contributed by atoms with Crippen molar-refractivity contribution in [3.05, 3.63) is 94.0 Å². The highest BCUT2D eigenvalue weighted by Crippen LogP contribution is 2.31. The fourth-order valence-corrected chi connectivity index (χ4v) is 5.67. The summed E-state index contributed by atoms with van der Waals surface area (Å²) >= 11 is 5.85. The molecule has 9 heteroatoms. The molecule has 1 aromatic heterocycles. The second-order valence-electron chi connectivity index (χ2n) is 10.4. The largest absolute Gasteiger partial charge is 0.486 e. The fraction of sp³-hybridized carbons (Fsp3) is 0.355. The highest BCUT2D eigenvalue weighted by atomic mass is 35.5. The smallest absolute Gasteiger partial charge is 0.337 e. The molecule has 2 aliphatic rings. The zero-order valence-electron chi connectivity index (χ0n) is 22.3. The zero-order valence-corrected chi connectivity index (χ0v) is 23.1. The molecule has 3 aromatic carbocycles. The van der Waals surface area contributed by atoms with E-state index in [1.54, 1.807) is 18.2 Å². The van der Waals surface area contributed by atoms with E-state index in [0.717, 1.165) is 55.0 Å². The van der Waals surface area contributed by atoms with Crippen molar-refractivity contribution in [2.75, 3.05) is 26.8 Å². The van der Waals surface area contributed by atoms with Gasteiger partial charge < -0.3 is 18.8 Å². The van der Waals surface area contributed by atoms with Gasteiger partial charge in [0, 0.05) is 18.2 Å². The van der Waals surface area contributed by atoms with Gasteiger partial charge in [0.15, 0.2) is 11.6 Å². The molecule has 7 nitrogen and oxygen atoms in total. The Morgan fingerprint density at radius 3 is 2.80 bits per heavy atom. The predicted octanol–water partition coefficient (Wildman–Crippen LogP) is 5.97. The van der Waals surface area contributed by atoms with Crippen LogP contribution in [0.4, 0.5) is 4.39 Å². The second-order valence-corrected chi connectivity index (χ2v) is 10.9. The number of carbonyl (C=O) groups is 1. The van der Waals surface area contributed by atoms with Gasteiger partial charge >= 0.3 is 5.97 Å². The van der Waals surface area contributed by atoms with Crippen LogP contribution < -0.4 is 4.74 Å². The summed E-state index contributed by atoms with van der Waals surface area (Å²) in [5.41, 5.74) is 4.55. The topological polar surface area (TPSA) is 65.8 Å². The Balaban J connectivity index is 1.15. The molecule has 4 aromatic rings. The molecular weight excluding hydrogens is 533 g/mol. The van der Waals surface area contributed by atoms with Crippen molar-refractivity contribution in [2.24, 2.45) is 0 Å². The van der Waals surface area contributed by atoms with E-state index in [1.165, 1.54) is 18.7 Å². The minimum atomic E-state index is -0.466. The number of nitrogens with zero attached hydrogens (tertiary/aromatic N) is 3. The summed E-state index contributed by atoms with van der Waals surface area (Å²) in [6.45, 7) is 4.36. The lowest BCUT2D eigenvalue weighted by Crippen LogP contribution is -2.32. The van der Waals surface area contributed by atoms with Crippen LogP contribution in [-0.2, 0) is 29.2 Å². The zero-order chi connectivity index (χ0) is 27.6. The molecule has 3 heterocycles. The molecule has 0 saturated carbocycles. The number of likely N-dealkylation sites (tertiary alicyclic amines) is 1. The number of fused-ring (bicyclic) bond motifs is 1. The summed E-state index contributed by atoms with van der Waals surface area (Å²) in [6, 6.07) is 18.3.